The van der Waals surface area contributed by atoms with E-state index < -0.39 is 0 Å². The number of thiazole rings is 1. The summed E-state index contributed by atoms with van der Waals surface area (Å²) in [7, 11) is 3.66. The number of carbonyl (C=O) groups is 1. The summed E-state index contributed by atoms with van der Waals surface area (Å²) in [4.78, 5) is 17.7. The van der Waals surface area contributed by atoms with Crippen molar-refractivity contribution in [1.82, 2.24) is 15.2 Å². The van der Waals surface area contributed by atoms with Crippen molar-refractivity contribution in [3.63, 3.8) is 0 Å². The third-order valence-corrected chi connectivity index (χ3v) is 2.83. The summed E-state index contributed by atoms with van der Waals surface area (Å²) in [6, 6.07) is 0. The number of rotatable bonds is 5. The molecule has 0 fully saturated rings. The van der Waals surface area contributed by atoms with Gasteiger partial charge in [-0.1, -0.05) is 6.92 Å². The molecule has 1 atom stereocenters. The maximum atomic E-state index is 11.8. The summed E-state index contributed by atoms with van der Waals surface area (Å²) in [5.74, 6) is 0.163. The number of carbonyl (C=O) groups excluding carboxylic acids is 1. The SMILES string of the molecule is CNCC(C)C(=O)N(C)Cc1cscn1. The van der Waals surface area contributed by atoms with E-state index in [0.717, 1.165) is 5.69 Å². The molecular weight excluding hydrogens is 210 g/mol. The smallest absolute Gasteiger partial charge is 0.226 e. The Morgan fingerprint density at radius 2 is 2.47 bits per heavy atom. The van der Waals surface area contributed by atoms with E-state index in [1.165, 1.54) is 0 Å². The third-order valence-electron chi connectivity index (χ3n) is 2.19. The lowest BCUT2D eigenvalue weighted by Crippen LogP contribution is -2.35. The minimum absolute atomic E-state index is 0.0126. The quantitative estimate of drug-likeness (QED) is 0.815. The second kappa shape index (κ2) is 5.82. The first kappa shape index (κ1) is 12.1. The molecule has 1 rings (SSSR count). The lowest BCUT2D eigenvalue weighted by atomic mass is 10.1. The molecule has 15 heavy (non-hydrogen) atoms. The van der Waals surface area contributed by atoms with Crippen LogP contribution in [0.1, 0.15) is 12.6 Å². The van der Waals surface area contributed by atoms with Crippen LogP contribution in [0, 0.1) is 5.92 Å². The van der Waals surface area contributed by atoms with Crippen LogP contribution in [0.4, 0.5) is 0 Å². The Kier molecular flexibility index (Phi) is 4.71. The molecule has 0 spiro atoms. The predicted octanol–water partition coefficient (Wildman–Crippen LogP) is 0.957. The standard InChI is InChI=1S/C10H17N3OS/c1-8(4-11-2)10(14)13(3)5-9-6-15-7-12-9/h6-8,11H,4-5H2,1-3H3. The van der Waals surface area contributed by atoms with Crippen molar-refractivity contribution in [2.24, 2.45) is 5.92 Å². The highest BCUT2D eigenvalue weighted by Crippen LogP contribution is 2.07. The summed E-state index contributed by atoms with van der Waals surface area (Å²) in [6.07, 6.45) is 0. The molecule has 4 nitrogen and oxygen atoms in total. The molecule has 1 N–H and O–H groups in total. The van der Waals surface area contributed by atoms with Gasteiger partial charge in [-0.2, -0.15) is 0 Å². The maximum absolute atomic E-state index is 11.8. The molecule has 1 heterocycles. The van der Waals surface area contributed by atoms with Crippen molar-refractivity contribution in [2.45, 2.75) is 13.5 Å². The minimum atomic E-state index is 0.0126. The van der Waals surface area contributed by atoms with Gasteiger partial charge in [0.05, 0.1) is 17.7 Å². The van der Waals surface area contributed by atoms with Gasteiger partial charge in [-0.25, -0.2) is 4.98 Å². The molecule has 1 aromatic heterocycles. The molecule has 0 aliphatic rings. The Balaban J connectivity index is 2.46. The summed E-state index contributed by atoms with van der Waals surface area (Å²) < 4.78 is 0. The zero-order valence-corrected chi connectivity index (χ0v) is 10.2. The van der Waals surface area contributed by atoms with Crippen molar-refractivity contribution in [1.29, 1.82) is 0 Å². The first-order valence-electron chi connectivity index (χ1n) is 4.91. The highest BCUT2D eigenvalue weighted by Gasteiger charge is 2.16. The Labute approximate surface area is 94.3 Å². The lowest BCUT2D eigenvalue weighted by Gasteiger charge is -2.20. The Bertz CT molecular complexity index is 300. The Morgan fingerprint density at radius 1 is 1.73 bits per heavy atom. The van der Waals surface area contributed by atoms with Gasteiger partial charge in [-0.15, -0.1) is 11.3 Å². The predicted molar refractivity (Wildman–Crippen MR) is 61.7 cm³/mol. The van der Waals surface area contributed by atoms with Gasteiger partial charge in [0.15, 0.2) is 0 Å². The molecule has 1 aromatic rings. The molecule has 1 unspecified atom stereocenters. The van der Waals surface area contributed by atoms with Gasteiger partial charge in [0.2, 0.25) is 5.91 Å². The Hall–Kier alpha value is -0.940. The molecule has 84 valence electrons. The maximum Gasteiger partial charge on any atom is 0.226 e. The first-order chi connectivity index (χ1) is 7.15. The molecule has 0 saturated heterocycles. The van der Waals surface area contributed by atoms with Crippen molar-refractivity contribution >= 4 is 17.2 Å². The number of nitrogens with zero attached hydrogens (tertiary/aromatic N) is 2. The summed E-state index contributed by atoms with van der Waals surface area (Å²) in [5.41, 5.74) is 2.73. The number of hydrogen-bond donors (Lipinski definition) is 1. The fourth-order valence-corrected chi connectivity index (χ4v) is 1.96. The first-order valence-corrected chi connectivity index (χ1v) is 5.86. The number of nitrogens with one attached hydrogen (secondary N) is 1. The molecule has 0 aliphatic carbocycles. The van der Waals surface area contributed by atoms with Crippen LogP contribution in [0.2, 0.25) is 0 Å². The van der Waals surface area contributed by atoms with Crippen LogP contribution in [0.5, 0.6) is 0 Å². The van der Waals surface area contributed by atoms with E-state index in [9.17, 15) is 4.79 Å². The van der Waals surface area contributed by atoms with Crippen LogP contribution in [0.15, 0.2) is 10.9 Å². The minimum Gasteiger partial charge on any atom is -0.340 e. The van der Waals surface area contributed by atoms with E-state index in [1.54, 1.807) is 21.7 Å². The van der Waals surface area contributed by atoms with Gasteiger partial charge in [-0.3, -0.25) is 4.79 Å². The van der Waals surface area contributed by atoms with Gasteiger partial charge in [-0.05, 0) is 7.05 Å². The average molecular weight is 227 g/mol. The summed E-state index contributed by atoms with van der Waals surface area (Å²) >= 11 is 1.55. The highest BCUT2D eigenvalue weighted by molar-refractivity contribution is 7.07. The third kappa shape index (κ3) is 3.60. The fraction of sp³-hybridized carbons (Fsp3) is 0.600. The van der Waals surface area contributed by atoms with Crippen LogP contribution in [0.25, 0.3) is 0 Å². The molecular formula is C10H17N3OS. The average Bonchev–Trinajstić information content (AvgIpc) is 2.69. The van der Waals surface area contributed by atoms with E-state index in [2.05, 4.69) is 10.3 Å². The molecule has 0 radical (unpaired) electrons. The number of hydrogen-bond acceptors (Lipinski definition) is 4. The molecule has 5 heteroatoms. The van der Waals surface area contributed by atoms with Gasteiger partial charge < -0.3 is 10.2 Å². The van der Waals surface area contributed by atoms with Gasteiger partial charge >= 0.3 is 0 Å². The van der Waals surface area contributed by atoms with Gasteiger partial charge in [0, 0.05) is 24.9 Å². The van der Waals surface area contributed by atoms with E-state index in [4.69, 9.17) is 0 Å². The molecule has 0 aromatic carbocycles. The number of amides is 1. The normalized spacial score (nSPS) is 12.5. The van der Waals surface area contributed by atoms with Crippen LogP contribution in [-0.2, 0) is 11.3 Å². The Morgan fingerprint density at radius 3 is 3.00 bits per heavy atom. The topological polar surface area (TPSA) is 45.2 Å². The summed E-state index contributed by atoms with van der Waals surface area (Å²) in [6.45, 7) is 3.23. The zero-order valence-electron chi connectivity index (χ0n) is 9.36. The monoisotopic (exact) mass is 227 g/mol. The van der Waals surface area contributed by atoms with Crippen LogP contribution in [-0.4, -0.2) is 36.4 Å². The zero-order chi connectivity index (χ0) is 11.3. The fourth-order valence-electron chi connectivity index (χ4n) is 1.41. The van der Waals surface area contributed by atoms with Gasteiger partial charge in [0.25, 0.3) is 0 Å². The second-order valence-corrected chi connectivity index (χ2v) is 4.35. The van der Waals surface area contributed by atoms with Crippen LogP contribution >= 0.6 is 11.3 Å². The largest absolute Gasteiger partial charge is 0.340 e. The molecule has 0 saturated carbocycles. The number of aromatic nitrogens is 1. The van der Waals surface area contributed by atoms with Crippen molar-refractivity contribution in [3.8, 4) is 0 Å². The molecule has 1 amide bonds. The highest BCUT2D eigenvalue weighted by atomic mass is 32.1. The van der Waals surface area contributed by atoms with E-state index in [-0.39, 0.29) is 11.8 Å². The van der Waals surface area contributed by atoms with Crippen LogP contribution in [0.3, 0.4) is 0 Å². The molecule has 0 bridgehead atoms. The summed E-state index contributed by atoms with van der Waals surface area (Å²) in [5, 5.41) is 4.97. The van der Waals surface area contributed by atoms with E-state index >= 15 is 0 Å². The van der Waals surface area contributed by atoms with E-state index in [1.807, 2.05) is 26.4 Å². The van der Waals surface area contributed by atoms with Crippen LogP contribution < -0.4 is 5.32 Å². The van der Waals surface area contributed by atoms with Gasteiger partial charge in [0.1, 0.15) is 0 Å². The van der Waals surface area contributed by atoms with E-state index in [0.29, 0.717) is 13.1 Å². The lowest BCUT2D eigenvalue weighted by molar-refractivity contribution is -0.134. The van der Waals surface area contributed by atoms with Crippen molar-refractivity contribution in [3.05, 3.63) is 16.6 Å². The molecule has 0 aliphatic heterocycles. The second-order valence-electron chi connectivity index (χ2n) is 3.63. The van der Waals surface area contributed by atoms with Crippen molar-refractivity contribution < 1.29 is 4.79 Å². The van der Waals surface area contributed by atoms with Crippen molar-refractivity contribution in [2.75, 3.05) is 20.6 Å².